The van der Waals surface area contributed by atoms with Gasteiger partial charge >= 0.3 is 0 Å². The van der Waals surface area contributed by atoms with E-state index in [4.69, 9.17) is 9.47 Å². The molecule has 0 aromatic heterocycles. The smallest absolute Gasteiger partial charge is 0.195 e. The van der Waals surface area contributed by atoms with Crippen molar-refractivity contribution in [2.75, 3.05) is 33.9 Å². The van der Waals surface area contributed by atoms with E-state index in [1.807, 2.05) is 48.5 Å². The summed E-state index contributed by atoms with van der Waals surface area (Å²) < 4.78 is 39.8. The molecule has 2 aliphatic rings. The maximum absolute atomic E-state index is 14.4. The van der Waals surface area contributed by atoms with Crippen LogP contribution in [-0.4, -0.2) is 52.5 Å². The number of piperidine rings is 1. The number of ether oxygens (including phenoxy) is 2. The first-order valence-corrected chi connectivity index (χ1v) is 13.5. The largest absolute Gasteiger partial charge is 0.493 e. The van der Waals surface area contributed by atoms with Crippen molar-refractivity contribution in [1.82, 2.24) is 10.2 Å². The standard InChI is InChI=1S/C27H32N2O4S.ClH/c1-32-24-16-21-12-15-29(18-22(21)17-25(24)33-2)27(20-10-13-28-14-11-20)34(30,31)26-9-5-7-19-6-3-4-8-23(19)26;/h3-9,16-17,20,27-28H,10-15,18H2,1-2H3;1H. The van der Waals surface area contributed by atoms with Crippen molar-refractivity contribution in [3.05, 3.63) is 65.7 Å². The van der Waals surface area contributed by atoms with Crippen LogP contribution in [0.25, 0.3) is 10.8 Å². The number of rotatable bonds is 6. The average molecular weight is 517 g/mol. The van der Waals surface area contributed by atoms with E-state index < -0.39 is 15.2 Å². The minimum Gasteiger partial charge on any atom is -0.493 e. The fourth-order valence-corrected chi connectivity index (χ4v) is 7.95. The van der Waals surface area contributed by atoms with Gasteiger partial charge in [-0.1, -0.05) is 36.4 Å². The van der Waals surface area contributed by atoms with Gasteiger partial charge in [0.05, 0.1) is 19.1 Å². The van der Waals surface area contributed by atoms with Crippen LogP contribution < -0.4 is 14.8 Å². The third-order valence-electron chi connectivity index (χ3n) is 7.27. The maximum Gasteiger partial charge on any atom is 0.195 e. The van der Waals surface area contributed by atoms with E-state index in [2.05, 4.69) is 10.2 Å². The van der Waals surface area contributed by atoms with Gasteiger partial charge in [-0.3, -0.25) is 4.90 Å². The molecule has 1 unspecified atom stereocenters. The van der Waals surface area contributed by atoms with E-state index in [-0.39, 0.29) is 18.3 Å². The lowest BCUT2D eigenvalue weighted by Gasteiger charge is -2.41. The minimum atomic E-state index is -3.62. The van der Waals surface area contributed by atoms with Gasteiger partial charge in [0.1, 0.15) is 5.37 Å². The van der Waals surface area contributed by atoms with Gasteiger partial charge in [-0.25, -0.2) is 8.42 Å². The molecule has 8 heteroatoms. The Labute approximate surface area is 213 Å². The number of sulfone groups is 1. The molecule has 5 rings (SSSR count). The molecule has 2 heterocycles. The van der Waals surface area contributed by atoms with Crippen LogP contribution in [0.1, 0.15) is 24.0 Å². The van der Waals surface area contributed by atoms with Gasteiger partial charge in [0.25, 0.3) is 0 Å². The lowest BCUT2D eigenvalue weighted by atomic mass is 9.94. The Balaban J connectivity index is 0.00000289. The molecule has 6 nitrogen and oxygen atoms in total. The summed E-state index contributed by atoms with van der Waals surface area (Å²) in [6.07, 6.45) is 2.48. The molecule has 1 fully saturated rings. The van der Waals surface area contributed by atoms with Crippen molar-refractivity contribution in [3.8, 4) is 11.5 Å². The van der Waals surface area contributed by atoms with Gasteiger partial charge in [-0.05, 0) is 73.0 Å². The van der Waals surface area contributed by atoms with Crippen molar-refractivity contribution in [2.24, 2.45) is 5.92 Å². The van der Waals surface area contributed by atoms with Crippen LogP contribution in [-0.2, 0) is 22.8 Å². The first-order valence-electron chi connectivity index (χ1n) is 11.9. The summed E-state index contributed by atoms with van der Waals surface area (Å²) in [7, 11) is -0.341. The third kappa shape index (κ3) is 4.87. The van der Waals surface area contributed by atoms with E-state index in [1.54, 1.807) is 20.3 Å². The van der Waals surface area contributed by atoms with Crippen LogP contribution >= 0.6 is 12.4 Å². The Kier molecular flexibility index (Phi) is 7.91. The number of hydrogen-bond acceptors (Lipinski definition) is 6. The Morgan fingerprint density at radius 1 is 0.943 bits per heavy atom. The van der Waals surface area contributed by atoms with Crippen molar-refractivity contribution in [3.63, 3.8) is 0 Å². The lowest BCUT2D eigenvalue weighted by Crippen LogP contribution is -2.50. The summed E-state index contributed by atoms with van der Waals surface area (Å²) in [5.41, 5.74) is 2.30. The van der Waals surface area contributed by atoms with E-state index in [0.29, 0.717) is 29.5 Å². The summed E-state index contributed by atoms with van der Waals surface area (Å²) in [6.45, 7) is 2.97. The number of hydrogen-bond donors (Lipinski definition) is 1. The number of benzene rings is 3. The van der Waals surface area contributed by atoms with Gasteiger partial charge in [-0.15, -0.1) is 12.4 Å². The molecular formula is C27H33ClN2O4S. The zero-order valence-electron chi connectivity index (χ0n) is 20.2. The van der Waals surface area contributed by atoms with E-state index in [0.717, 1.165) is 48.7 Å². The van der Waals surface area contributed by atoms with E-state index >= 15 is 0 Å². The number of nitrogens with one attached hydrogen (secondary N) is 1. The zero-order valence-corrected chi connectivity index (χ0v) is 21.8. The molecule has 0 bridgehead atoms. The predicted molar refractivity (Wildman–Crippen MR) is 141 cm³/mol. The van der Waals surface area contributed by atoms with Crippen LogP contribution in [0.15, 0.2) is 59.5 Å². The average Bonchev–Trinajstić information content (AvgIpc) is 2.88. The number of fused-ring (bicyclic) bond motifs is 2. The van der Waals surface area contributed by atoms with E-state index in [1.165, 1.54) is 5.56 Å². The Morgan fingerprint density at radius 2 is 1.60 bits per heavy atom. The van der Waals surface area contributed by atoms with Gasteiger partial charge in [0.2, 0.25) is 0 Å². The molecule has 2 aliphatic heterocycles. The lowest BCUT2D eigenvalue weighted by molar-refractivity contribution is 0.159. The molecule has 0 spiro atoms. The first kappa shape index (κ1) is 25.8. The van der Waals surface area contributed by atoms with Crippen molar-refractivity contribution < 1.29 is 17.9 Å². The molecule has 0 saturated carbocycles. The second kappa shape index (κ2) is 10.7. The van der Waals surface area contributed by atoms with Gasteiger partial charge in [-0.2, -0.15) is 0 Å². The van der Waals surface area contributed by atoms with Gasteiger partial charge in [0, 0.05) is 18.5 Å². The zero-order chi connectivity index (χ0) is 23.7. The Hall–Kier alpha value is -2.32. The number of nitrogens with zero attached hydrogens (tertiary/aromatic N) is 1. The highest BCUT2D eigenvalue weighted by atomic mass is 35.5. The summed E-state index contributed by atoms with van der Waals surface area (Å²) in [6, 6.07) is 17.4. The second-order valence-electron chi connectivity index (χ2n) is 9.20. The predicted octanol–water partition coefficient (Wildman–Crippen LogP) is 4.44. The molecule has 1 saturated heterocycles. The summed E-state index contributed by atoms with van der Waals surface area (Å²) in [4.78, 5) is 2.62. The first-order chi connectivity index (χ1) is 16.5. The summed E-state index contributed by atoms with van der Waals surface area (Å²) in [5.74, 6) is 1.47. The maximum atomic E-state index is 14.4. The van der Waals surface area contributed by atoms with Crippen molar-refractivity contribution >= 4 is 33.0 Å². The number of methoxy groups -OCH3 is 2. The Morgan fingerprint density at radius 3 is 2.31 bits per heavy atom. The molecule has 0 aliphatic carbocycles. The fraction of sp³-hybridized carbons (Fsp3) is 0.407. The van der Waals surface area contributed by atoms with Crippen molar-refractivity contribution in [2.45, 2.75) is 36.1 Å². The summed E-state index contributed by atoms with van der Waals surface area (Å²) >= 11 is 0. The monoisotopic (exact) mass is 516 g/mol. The highest BCUT2D eigenvalue weighted by Gasteiger charge is 2.41. The molecule has 35 heavy (non-hydrogen) atoms. The molecule has 3 aromatic carbocycles. The van der Waals surface area contributed by atoms with Crippen LogP contribution in [0.3, 0.4) is 0 Å². The topological polar surface area (TPSA) is 67.9 Å². The van der Waals surface area contributed by atoms with Gasteiger partial charge in [0.15, 0.2) is 21.3 Å². The molecule has 3 aromatic rings. The fourth-order valence-electron chi connectivity index (χ4n) is 5.57. The highest BCUT2D eigenvalue weighted by Crippen LogP contribution is 2.38. The second-order valence-corrected chi connectivity index (χ2v) is 11.2. The summed E-state index contributed by atoms with van der Waals surface area (Å²) in [5, 5.41) is 4.58. The molecule has 188 valence electrons. The molecule has 0 amide bonds. The van der Waals surface area contributed by atoms with E-state index in [9.17, 15) is 8.42 Å². The SMILES string of the molecule is COc1cc2c(cc1OC)CN(C(C1CCNCC1)S(=O)(=O)c1cccc3ccccc13)CC2.Cl. The van der Waals surface area contributed by atoms with Crippen LogP contribution in [0.2, 0.25) is 0 Å². The molecule has 1 atom stereocenters. The quantitative estimate of drug-likeness (QED) is 0.522. The van der Waals surface area contributed by atoms with Crippen LogP contribution in [0.5, 0.6) is 11.5 Å². The van der Waals surface area contributed by atoms with Crippen LogP contribution in [0, 0.1) is 5.92 Å². The molecule has 1 N–H and O–H groups in total. The highest BCUT2D eigenvalue weighted by molar-refractivity contribution is 7.92. The van der Waals surface area contributed by atoms with Gasteiger partial charge < -0.3 is 14.8 Å². The molecular weight excluding hydrogens is 484 g/mol. The Bertz CT molecular complexity index is 1290. The molecule has 0 radical (unpaired) electrons. The third-order valence-corrected chi connectivity index (χ3v) is 9.56. The number of halogens is 1. The van der Waals surface area contributed by atoms with Crippen molar-refractivity contribution in [1.29, 1.82) is 0 Å². The van der Waals surface area contributed by atoms with Crippen LogP contribution in [0.4, 0.5) is 0 Å². The normalized spacial score (nSPS) is 17.9. The minimum absolute atomic E-state index is 0.